The van der Waals surface area contributed by atoms with E-state index < -0.39 is 0 Å². The molecule has 68 valence electrons. The molecular formula is C8H15N3S. The molecule has 12 heavy (non-hydrogen) atoms. The molecule has 0 aliphatic heterocycles. The Morgan fingerprint density at radius 2 is 2.50 bits per heavy atom. The highest BCUT2D eigenvalue weighted by Crippen LogP contribution is 2.16. The number of nitrogens with two attached hydrogens (primary N) is 1. The van der Waals surface area contributed by atoms with Gasteiger partial charge in [0.15, 0.2) is 0 Å². The summed E-state index contributed by atoms with van der Waals surface area (Å²) in [4.78, 5) is 4.38. The average molecular weight is 185 g/mol. The van der Waals surface area contributed by atoms with Gasteiger partial charge in [-0.05, 0) is 13.8 Å². The van der Waals surface area contributed by atoms with Crippen molar-refractivity contribution < 1.29 is 0 Å². The van der Waals surface area contributed by atoms with Gasteiger partial charge in [0.05, 0.1) is 6.04 Å². The fourth-order valence-electron chi connectivity index (χ4n) is 0.958. The van der Waals surface area contributed by atoms with Crippen LogP contribution in [-0.2, 0) is 0 Å². The Kier molecular flexibility index (Phi) is 3.65. The smallest absolute Gasteiger partial charge is 0.110 e. The molecule has 0 bridgehead atoms. The molecule has 1 atom stereocenters. The minimum absolute atomic E-state index is 0.326. The molecule has 0 saturated heterocycles. The predicted octanol–water partition coefficient (Wildman–Crippen LogP) is 1.06. The summed E-state index contributed by atoms with van der Waals surface area (Å²) in [5.41, 5.74) is 6.47. The van der Waals surface area contributed by atoms with Crippen LogP contribution in [0.4, 0.5) is 0 Å². The number of rotatable bonds is 4. The van der Waals surface area contributed by atoms with Crippen LogP contribution in [0.1, 0.15) is 23.7 Å². The quantitative estimate of drug-likeness (QED) is 0.737. The van der Waals surface area contributed by atoms with E-state index in [4.69, 9.17) is 5.73 Å². The molecular weight excluding hydrogens is 170 g/mol. The highest BCUT2D eigenvalue weighted by molar-refractivity contribution is 7.09. The molecule has 4 heteroatoms. The van der Waals surface area contributed by atoms with Gasteiger partial charge < -0.3 is 11.1 Å². The molecule has 0 aromatic carbocycles. The number of nitrogens with zero attached hydrogens (tertiary/aromatic N) is 1. The van der Waals surface area contributed by atoms with Crippen molar-refractivity contribution in [3.63, 3.8) is 0 Å². The van der Waals surface area contributed by atoms with E-state index in [1.165, 1.54) is 0 Å². The third kappa shape index (κ3) is 2.55. The van der Waals surface area contributed by atoms with Crippen molar-refractivity contribution in [3.05, 3.63) is 16.1 Å². The summed E-state index contributed by atoms with van der Waals surface area (Å²) in [5.74, 6) is 0. The Labute approximate surface area is 77.0 Å². The largest absolute Gasteiger partial charge is 0.329 e. The van der Waals surface area contributed by atoms with Gasteiger partial charge in [0.2, 0.25) is 0 Å². The van der Waals surface area contributed by atoms with Crippen molar-refractivity contribution in [2.75, 3.05) is 13.1 Å². The fraction of sp³-hybridized carbons (Fsp3) is 0.625. The Balaban J connectivity index is 2.47. The molecule has 0 aliphatic carbocycles. The second-order valence-corrected chi connectivity index (χ2v) is 3.68. The standard InChI is InChI=1S/C8H15N3S/c1-6-5-12-8(11-6)7(2)10-4-3-9/h5,7,10H,3-4,9H2,1-2H3. The highest BCUT2D eigenvalue weighted by Gasteiger charge is 2.06. The third-order valence-electron chi connectivity index (χ3n) is 1.60. The van der Waals surface area contributed by atoms with Gasteiger partial charge in [0, 0.05) is 24.2 Å². The highest BCUT2D eigenvalue weighted by atomic mass is 32.1. The van der Waals surface area contributed by atoms with Gasteiger partial charge in [-0.3, -0.25) is 0 Å². The van der Waals surface area contributed by atoms with Crippen molar-refractivity contribution in [1.29, 1.82) is 0 Å². The lowest BCUT2D eigenvalue weighted by atomic mass is 10.3. The molecule has 1 aromatic rings. The fourth-order valence-corrected chi connectivity index (χ4v) is 1.79. The van der Waals surface area contributed by atoms with Crippen molar-refractivity contribution in [3.8, 4) is 0 Å². The van der Waals surface area contributed by atoms with E-state index in [0.717, 1.165) is 17.2 Å². The van der Waals surface area contributed by atoms with E-state index in [2.05, 4.69) is 22.6 Å². The molecule has 0 fully saturated rings. The van der Waals surface area contributed by atoms with E-state index in [0.29, 0.717) is 12.6 Å². The van der Waals surface area contributed by atoms with E-state index in [9.17, 15) is 0 Å². The summed E-state index contributed by atoms with van der Waals surface area (Å²) < 4.78 is 0. The first-order valence-electron chi connectivity index (χ1n) is 4.09. The lowest BCUT2D eigenvalue weighted by molar-refractivity contribution is 0.578. The van der Waals surface area contributed by atoms with Crippen molar-refractivity contribution in [2.24, 2.45) is 5.73 Å². The first kappa shape index (κ1) is 9.64. The molecule has 0 radical (unpaired) electrons. The molecule has 0 saturated carbocycles. The normalized spacial score (nSPS) is 13.2. The number of hydrogen-bond acceptors (Lipinski definition) is 4. The number of aryl methyl sites for hydroxylation is 1. The van der Waals surface area contributed by atoms with Crippen LogP contribution in [0.5, 0.6) is 0 Å². The summed E-state index contributed by atoms with van der Waals surface area (Å²) in [7, 11) is 0. The van der Waals surface area contributed by atoms with E-state index >= 15 is 0 Å². The number of thiazole rings is 1. The SMILES string of the molecule is Cc1csc(C(C)NCCN)n1. The van der Waals surface area contributed by atoms with Gasteiger partial charge in [-0.25, -0.2) is 4.98 Å². The molecule has 1 unspecified atom stereocenters. The van der Waals surface area contributed by atoms with Gasteiger partial charge in [-0.1, -0.05) is 0 Å². The van der Waals surface area contributed by atoms with Crippen LogP contribution >= 0.6 is 11.3 Å². The van der Waals surface area contributed by atoms with E-state index in [-0.39, 0.29) is 0 Å². The molecule has 3 nitrogen and oxygen atoms in total. The number of nitrogens with one attached hydrogen (secondary N) is 1. The molecule has 0 amide bonds. The first-order chi connectivity index (χ1) is 5.74. The zero-order valence-corrected chi connectivity index (χ0v) is 8.32. The van der Waals surface area contributed by atoms with Crippen LogP contribution in [0.3, 0.4) is 0 Å². The van der Waals surface area contributed by atoms with Crippen LogP contribution < -0.4 is 11.1 Å². The maximum Gasteiger partial charge on any atom is 0.110 e. The second-order valence-electron chi connectivity index (χ2n) is 2.79. The summed E-state index contributed by atoms with van der Waals surface area (Å²) in [6.07, 6.45) is 0. The Hall–Kier alpha value is -0.450. The zero-order chi connectivity index (χ0) is 8.97. The van der Waals surface area contributed by atoms with Crippen LogP contribution in [0.2, 0.25) is 0 Å². The van der Waals surface area contributed by atoms with Gasteiger partial charge in [-0.2, -0.15) is 0 Å². The van der Waals surface area contributed by atoms with Crippen LogP contribution in [-0.4, -0.2) is 18.1 Å². The maximum absolute atomic E-state index is 5.38. The van der Waals surface area contributed by atoms with Crippen molar-refractivity contribution in [2.45, 2.75) is 19.9 Å². The van der Waals surface area contributed by atoms with Gasteiger partial charge in [-0.15, -0.1) is 11.3 Å². The molecule has 3 N–H and O–H groups in total. The predicted molar refractivity (Wildman–Crippen MR) is 52.3 cm³/mol. The van der Waals surface area contributed by atoms with Gasteiger partial charge in [0.1, 0.15) is 5.01 Å². The molecule has 0 aliphatic rings. The monoisotopic (exact) mass is 185 g/mol. The van der Waals surface area contributed by atoms with Gasteiger partial charge >= 0.3 is 0 Å². The Bertz CT molecular complexity index is 234. The number of hydrogen-bond donors (Lipinski definition) is 2. The van der Waals surface area contributed by atoms with E-state index in [1.807, 2.05) is 6.92 Å². The topological polar surface area (TPSA) is 50.9 Å². The maximum atomic E-state index is 5.38. The minimum atomic E-state index is 0.326. The summed E-state index contributed by atoms with van der Waals surface area (Å²) in [6, 6.07) is 0.326. The molecule has 1 rings (SSSR count). The summed E-state index contributed by atoms with van der Waals surface area (Å²) in [5, 5.41) is 6.49. The third-order valence-corrected chi connectivity index (χ3v) is 2.75. The summed E-state index contributed by atoms with van der Waals surface area (Å²) >= 11 is 1.69. The molecule has 1 aromatic heterocycles. The Morgan fingerprint density at radius 1 is 1.75 bits per heavy atom. The molecule has 1 heterocycles. The van der Waals surface area contributed by atoms with Crippen LogP contribution in [0.15, 0.2) is 5.38 Å². The van der Waals surface area contributed by atoms with Crippen molar-refractivity contribution in [1.82, 2.24) is 10.3 Å². The van der Waals surface area contributed by atoms with Crippen LogP contribution in [0, 0.1) is 6.92 Å². The Morgan fingerprint density at radius 3 is 3.00 bits per heavy atom. The van der Waals surface area contributed by atoms with Crippen LogP contribution in [0.25, 0.3) is 0 Å². The lowest BCUT2D eigenvalue weighted by Gasteiger charge is -2.08. The van der Waals surface area contributed by atoms with Gasteiger partial charge in [0.25, 0.3) is 0 Å². The number of aromatic nitrogens is 1. The van der Waals surface area contributed by atoms with Crippen molar-refractivity contribution >= 4 is 11.3 Å². The lowest BCUT2D eigenvalue weighted by Crippen LogP contribution is -2.25. The zero-order valence-electron chi connectivity index (χ0n) is 7.50. The minimum Gasteiger partial charge on any atom is -0.329 e. The van der Waals surface area contributed by atoms with E-state index in [1.54, 1.807) is 11.3 Å². The second kappa shape index (κ2) is 4.54. The summed E-state index contributed by atoms with van der Waals surface area (Å²) in [6.45, 7) is 5.64. The average Bonchev–Trinajstić information content (AvgIpc) is 2.47. The first-order valence-corrected chi connectivity index (χ1v) is 4.97. The molecule has 0 spiro atoms.